The van der Waals surface area contributed by atoms with Crippen LogP contribution in [0.15, 0.2) is 12.4 Å². The van der Waals surface area contributed by atoms with Gasteiger partial charge in [0.05, 0.1) is 0 Å². The molecule has 0 unspecified atom stereocenters. The monoisotopic (exact) mass is 181 g/mol. The van der Waals surface area contributed by atoms with E-state index in [1.165, 1.54) is 4.90 Å². The van der Waals surface area contributed by atoms with Crippen LogP contribution in [-0.2, 0) is 4.79 Å². The van der Waals surface area contributed by atoms with E-state index in [1.54, 1.807) is 19.4 Å². The molecule has 0 aliphatic rings. The fourth-order valence-electron chi connectivity index (χ4n) is 0.856. The molecule has 5 nitrogen and oxygen atoms in total. The van der Waals surface area contributed by atoms with Gasteiger partial charge in [0.25, 0.3) is 0 Å². The van der Waals surface area contributed by atoms with E-state index in [0.717, 1.165) is 5.56 Å². The molecule has 0 aliphatic carbocycles. The first-order valence-electron chi connectivity index (χ1n) is 3.81. The molecule has 0 atom stereocenters. The molecule has 0 bridgehead atoms. The summed E-state index contributed by atoms with van der Waals surface area (Å²) in [4.78, 5) is 19.8. The Hall–Kier alpha value is -1.65. The summed E-state index contributed by atoms with van der Waals surface area (Å²) in [6.07, 6.45) is 3.31. The van der Waals surface area contributed by atoms with E-state index >= 15 is 0 Å². The predicted molar refractivity (Wildman–Crippen MR) is 47.7 cm³/mol. The van der Waals surface area contributed by atoms with Crippen molar-refractivity contribution >= 4 is 11.9 Å². The maximum atomic E-state index is 10.4. The van der Waals surface area contributed by atoms with Gasteiger partial charge in [-0.1, -0.05) is 0 Å². The average Bonchev–Trinajstić information content (AvgIpc) is 2.04. The maximum Gasteiger partial charge on any atom is 0.323 e. The van der Waals surface area contributed by atoms with Gasteiger partial charge in [-0.25, -0.2) is 9.97 Å². The predicted octanol–water partition coefficient (Wildman–Crippen LogP) is 0.306. The molecule has 0 amide bonds. The van der Waals surface area contributed by atoms with Crippen LogP contribution >= 0.6 is 0 Å². The number of nitrogens with zero attached hydrogens (tertiary/aromatic N) is 3. The first-order chi connectivity index (χ1) is 6.09. The molecule has 0 aromatic carbocycles. The van der Waals surface area contributed by atoms with Gasteiger partial charge in [0, 0.05) is 19.4 Å². The molecule has 0 radical (unpaired) electrons. The van der Waals surface area contributed by atoms with Crippen LogP contribution in [-0.4, -0.2) is 34.6 Å². The average molecular weight is 181 g/mol. The summed E-state index contributed by atoms with van der Waals surface area (Å²) in [6, 6.07) is 0. The summed E-state index contributed by atoms with van der Waals surface area (Å²) in [5, 5.41) is 8.50. The molecule has 5 heteroatoms. The van der Waals surface area contributed by atoms with Crippen molar-refractivity contribution in [3.63, 3.8) is 0 Å². The summed E-state index contributed by atoms with van der Waals surface area (Å²) in [6.45, 7) is 1.78. The van der Waals surface area contributed by atoms with Crippen molar-refractivity contribution in [3.05, 3.63) is 18.0 Å². The molecule has 70 valence electrons. The second-order valence-electron chi connectivity index (χ2n) is 2.81. The molecule has 1 heterocycles. The number of anilines is 1. The minimum Gasteiger partial charge on any atom is -0.480 e. The van der Waals surface area contributed by atoms with E-state index in [9.17, 15) is 4.79 Å². The van der Waals surface area contributed by atoms with Crippen LogP contribution in [0.4, 0.5) is 5.95 Å². The number of aromatic nitrogens is 2. The van der Waals surface area contributed by atoms with Crippen molar-refractivity contribution in [1.29, 1.82) is 0 Å². The lowest BCUT2D eigenvalue weighted by Gasteiger charge is -2.13. The number of aryl methyl sites for hydroxylation is 1. The summed E-state index contributed by atoms with van der Waals surface area (Å²) >= 11 is 0. The third-order valence-electron chi connectivity index (χ3n) is 1.48. The highest BCUT2D eigenvalue weighted by Crippen LogP contribution is 2.03. The first-order valence-corrected chi connectivity index (χ1v) is 3.81. The number of carboxylic acids is 1. The van der Waals surface area contributed by atoms with Crippen molar-refractivity contribution in [2.75, 3.05) is 18.5 Å². The fourth-order valence-corrected chi connectivity index (χ4v) is 0.856. The number of carbonyl (C=O) groups is 1. The largest absolute Gasteiger partial charge is 0.480 e. The number of rotatable bonds is 3. The summed E-state index contributed by atoms with van der Waals surface area (Å²) < 4.78 is 0. The maximum absolute atomic E-state index is 10.4. The van der Waals surface area contributed by atoms with Crippen molar-refractivity contribution in [2.45, 2.75) is 6.92 Å². The lowest BCUT2D eigenvalue weighted by Crippen LogP contribution is -2.26. The van der Waals surface area contributed by atoms with Gasteiger partial charge in [0.15, 0.2) is 0 Å². The molecule has 1 N–H and O–H groups in total. The van der Waals surface area contributed by atoms with Gasteiger partial charge >= 0.3 is 5.97 Å². The van der Waals surface area contributed by atoms with E-state index in [4.69, 9.17) is 5.11 Å². The quantitative estimate of drug-likeness (QED) is 0.726. The minimum atomic E-state index is -0.897. The van der Waals surface area contributed by atoms with Crippen LogP contribution in [0.1, 0.15) is 5.56 Å². The van der Waals surface area contributed by atoms with Gasteiger partial charge in [0.1, 0.15) is 6.54 Å². The third-order valence-corrected chi connectivity index (χ3v) is 1.48. The van der Waals surface area contributed by atoms with Gasteiger partial charge < -0.3 is 10.0 Å². The Morgan fingerprint density at radius 1 is 1.54 bits per heavy atom. The molecule has 1 aromatic heterocycles. The van der Waals surface area contributed by atoms with Gasteiger partial charge in [0.2, 0.25) is 5.95 Å². The normalized spacial score (nSPS) is 9.69. The van der Waals surface area contributed by atoms with E-state index in [2.05, 4.69) is 9.97 Å². The minimum absolute atomic E-state index is 0.0942. The Bertz CT molecular complexity index is 297. The Morgan fingerprint density at radius 3 is 2.54 bits per heavy atom. The Morgan fingerprint density at radius 2 is 2.08 bits per heavy atom. The van der Waals surface area contributed by atoms with E-state index < -0.39 is 5.97 Å². The summed E-state index contributed by atoms with van der Waals surface area (Å²) in [5.41, 5.74) is 0.951. The van der Waals surface area contributed by atoms with E-state index in [1.807, 2.05) is 6.92 Å². The molecule has 1 aromatic rings. The lowest BCUT2D eigenvalue weighted by atomic mass is 10.4. The highest BCUT2D eigenvalue weighted by Gasteiger charge is 2.06. The number of hydrogen-bond acceptors (Lipinski definition) is 4. The van der Waals surface area contributed by atoms with E-state index in [-0.39, 0.29) is 6.54 Å². The Balaban J connectivity index is 2.71. The molecule has 0 spiro atoms. The van der Waals surface area contributed by atoms with Gasteiger partial charge in [-0.3, -0.25) is 4.79 Å². The summed E-state index contributed by atoms with van der Waals surface area (Å²) in [5.74, 6) is -0.473. The van der Waals surface area contributed by atoms with Crippen LogP contribution in [0.25, 0.3) is 0 Å². The van der Waals surface area contributed by atoms with Crippen LogP contribution in [0.5, 0.6) is 0 Å². The van der Waals surface area contributed by atoms with Gasteiger partial charge in [-0.2, -0.15) is 0 Å². The van der Waals surface area contributed by atoms with Crippen LogP contribution in [0.2, 0.25) is 0 Å². The molecule has 0 fully saturated rings. The molecule has 0 aliphatic heterocycles. The topological polar surface area (TPSA) is 66.3 Å². The molecule has 1 rings (SSSR count). The van der Waals surface area contributed by atoms with Crippen LogP contribution in [0.3, 0.4) is 0 Å². The fraction of sp³-hybridized carbons (Fsp3) is 0.375. The SMILES string of the molecule is Cc1cnc(N(C)CC(=O)O)nc1. The lowest BCUT2D eigenvalue weighted by molar-refractivity contribution is -0.135. The van der Waals surface area contributed by atoms with Crippen LogP contribution in [0, 0.1) is 6.92 Å². The summed E-state index contributed by atoms with van der Waals surface area (Å²) in [7, 11) is 1.64. The molecule has 13 heavy (non-hydrogen) atoms. The Labute approximate surface area is 76.0 Å². The van der Waals surface area contributed by atoms with Crippen LogP contribution < -0.4 is 4.90 Å². The second kappa shape index (κ2) is 3.84. The van der Waals surface area contributed by atoms with Crippen molar-refractivity contribution < 1.29 is 9.90 Å². The zero-order chi connectivity index (χ0) is 9.84. The van der Waals surface area contributed by atoms with Crippen molar-refractivity contribution in [2.24, 2.45) is 0 Å². The number of aliphatic carboxylic acids is 1. The zero-order valence-electron chi connectivity index (χ0n) is 7.56. The molecule has 0 saturated heterocycles. The first kappa shape index (κ1) is 9.44. The Kier molecular flexibility index (Phi) is 2.79. The highest BCUT2D eigenvalue weighted by molar-refractivity contribution is 5.72. The van der Waals surface area contributed by atoms with Crippen molar-refractivity contribution in [1.82, 2.24) is 9.97 Å². The molecular formula is C8H11N3O2. The van der Waals surface area contributed by atoms with Gasteiger partial charge in [-0.05, 0) is 12.5 Å². The third kappa shape index (κ3) is 2.70. The van der Waals surface area contributed by atoms with E-state index in [0.29, 0.717) is 5.95 Å². The highest BCUT2D eigenvalue weighted by atomic mass is 16.4. The molecular weight excluding hydrogens is 170 g/mol. The second-order valence-corrected chi connectivity index (χ2v) is 2.81. The number of hydrogen-bond donors (Lipinski definition) is 1. The standard InChI is InChI=1S/C8H11N3O2/c1-6-3-9-8(10-4-6)11(2)5-7(12)13/h3-4H,5H2,1-2H3,(H,12,13). The smallest absolute Gasteiger partial charge is 0.323 e. The molecule has 0 saturated carbocycles. The van der Waals surface area contributed by atoms with Crippen molar-refractivity contribution in [3.8, 4) is 0 Å². The number of likely N-dealkylation sites (N-methyl/N-ethyl adjacent to an activating group) is 1. The zero-order valence-corrected chi connectivity index (χ0v) is 7.56. The van der Waals surface area contributed by atoms with Gasteiger partial charge in [-0.15, -0.1) is 0 Å². The number of carboxylic acid groups (broad SMARTS) is 1.